The van der Waals surface area contributed by atoms with E-state index in [2.05, 4.69) is 16.8 Å². The Labute approximate surface area is 103 Å². The Hall–Kier alpha value is -1.29. The van der Waals surface area contributed by atoms with E-state index in [4.69, 9.17) is 10.5 Å². The highest BCUT2D eigenvalue weighted by Gasteiger charge is 2.23. The molecule has 2 N–H and O–H groups in total. The van der Waals surface area contributed by atoms with Gasteiger partial charge in [0.05, 0.1) is 6.61 Å². The Morgan fingerprint density at radius 3 is 3.06 bits per heavy atom. The zero-order valence-corrected chi connectivity index (χ0v) is 10.6. The second kappa shape index (κ2) is 5.36. The van der Waals surface area contributed by atoms with Crippen LogP contribution in [0, 0.1) is 5.92 Å². The largest absolute Gasteiger partial charge is 0.478 e. The van der Waals surface area contributed by atoms with Gasteiger partial charge in [-0.2, -0.15) is 4.98 Å². The summed E-state index contributed by atoms with van der Waals surface area (Å²) in [5, 5.41) is 0. The topological polar surface area (TPSA) is 51.4 Å². The normalized spacial score (nSPS) is 24.8. The van der Waals surface area contributed by atoms with Crippen molar-refractivity contribution in [2.45, 2.75) is 26.3 Å². The molecule has 4 nitrogen and oxygen atoms in total. The predicted molar refractivity (Wildman–Crippen MR) is 69.4 cm³/mol. The van der Waals surface area contributed by atoms with Gasteiger partial charge in [0.25, 0.3) is 0 Å². The van der Waals surface area contributed by atoms with Crippen molar-refractivity contribution in [1.82, 2.24) is 4.98 Å². The minimum absolute atomic E-state index is 0.321. The molecule has 1 aromatic heterocycles. The van der Waals surface area contributed by atoms with Crippen LogP contribution in [0.3, 0.4) is 0 Å². The Morgan fingerprint density at radius 1 is 1.53 bits per heavy atom. The van der Waals surface area contributed by atoms with Crippen LogP contribution in [0.15, 0.2) is 18.2 Å². The average molecular weight is 235 g/mol. The van der Waals surface area contributed by atoms with Crippen LogP contribution in [0.2, 0.25) is 0 Å². The van der Waals surface area contributed by atoms with E-state index in [0.29, 0.717) is 24.4 Å². The van der Waals surface area contributed by atoms with E-state index < -0.39 is 0 Å². The lowest BCUT2D eigenvalue weighted by molar-refractivity contribution is 0.325. The number of anilines is 1. The molecule has 0 aromatic carbocycles. The van der Waals surface area contributed by atoms with Crippen LogP contribution in [-0.4, -0.2) is 30.7 Å². The van der Waals surface area contributed by atoms with Gasteiger partial charge in [-0.25, -0.2) is 0 Å². The number of piperidine rings is 1. The summed E-state index contributed by atoms with van der Waals surface area (Å²) in [5.41, 5.74) is 6.02. The molecule has 0 amide bonds. The first kappa shape index (κ1) is 12.2. The molecule has 2 unspecified atom stereocenters. The van der Waals surface area contributed by atoms with Crippen molar-refractivity contribution in [3.63, 3.8) is 0 Å². The molecule has 1 aliphatic rings. The zero-order chi connectivity index (χ0) is 12.3. The summed E-state index contributed by atoms with van der Waals surface area (Å²) < 4.78 is 5.42. The summed E-state index contributed by atoms with van der Waals surface area (Å²) in [6, 6.07) is 6.24. The van der Waals surface area contributed by atoms with Crippen molar-refractivity contribution in [3.05, 3.63) is 18.2 Å². The summed E-state index contributed by atoms with van der Waals surface area (Å²) in [7, 11) is 0. The zero-order valence-electron chi connectivity index (χ0n) is 10.6. The minimum atomic E-state index is 0.321. The second-order valence-electron chi connectivity index (χ2n) is 4.64. The van der Waals surface area contributed by atoms with Gasteiger partial charge in [-0.15, -0.1) is 0 Å². The fourth-order valence-corrected chi connectivity index (χ4v) is 2.18. The van der Waals surface area contributed by atoms with Crippen molar-refractivity contribution in [2.75, 3.05) is 24.6 Å². The van der Waals surface area contributed by atoms with E-state index in [9.17, 15) is 0 Å². The summed E-state index contributed by atoms with van der Waals surface area (Å²) >= 11 is 0. The van der Waals surface area contributed by atoms with Crippen molar-refractivity contribution in [2.24, 2.45) is 11.7 Å². The molecular weight excluding hydrogens is 214 g/mol. The monoisotopic (exact) mass is 235 g/mol. The fraction of sp³-hybridized carbons (Fsp3) is 0.615. The summed E-state index contributed by atoms with van der Waals surface area (Å²) in [5.74, 6) is 2.21. The number of aromatic nitrogens is 1. The average Bonchev–Trinajstić information content (AvgIpc) is 2.33. The highest BCUT2D eigenvalue weighted by molar-refractivity contribution is 5.41. The quantitative estimate of drug-likeness (QED) is 0.865. The minimum Gasteiger partial charge on any atom is -0.478 e. The number of hydrogen-bond donors (Lipinski definition) is 1. The van der Waals surface area contributed by atoms with Crippen LogP contribution in [0.1, 0.15) is 20.3 Å². The molecule has 0 radical (unpaired) electrons. The van der Waals surface area contributed by atoms with E-state index in [1.807, 2.05) is 25.1 Å². The number of hydrogen-bond acceptors (Lipinski definition) is 4. The Bertz CT molecular complexity index is 369. The van der Waals surface area contributed by atoms with Gasteiger partial charge in [-0.05, 0) is 25.3 Å². The number of pyridine rings is 1. The summed E-state index contributed by atoms with van der Waals surface area (Å²) in [6.45, 7) is 6.77. The molecule has 94 valence electrons. The van der Waals surface area contributed by atoms with Gasteiger partial charge in [0, 0.05) is 25.2 Å². The molecule has 2 heterocycles. The molecule has 1 fully saturated rings. The summed E-state index contributed by atoms with van der Waals surface area (Å²) in [4.78, 5) is 6.80. The Kier molecular flexibility index (Phi) is 3.84. The molecule has 0 saturated carbocycles. The van der Waals surface area contributed by atoms with E-state index in [0.717, 1.165) is 25.3 Å². The molecule has 4 heteroatoms. The van der Waals surface area contributed by atoms with Crippen molar-refractivity contribution < 1.29 is 4.74 Å². The molecule has 17 heavy (non-hydrogen) atoms. The molecule has 0 bridgehead atoms. The van der Waals surface area contributed by atoms with Gasteiger partial charge >= 0.3 is 0 Å². The molecular formula is C13H21N3O. The van der Waals surface area contributed by atoms with E-state index in [1.165, 1.54) is 0 Å². The number of nitrogens with two attached hydrogens (primary N) is 1. The second-order valence-corrected chi connectivity index (χ2v) is 4.64. The van der Waals surface area contributed by atoms with Gasteiger partial charge in [-0.1, -0.05) is 13.0 Å². The number of nitrogens with zero attached hydrogens (tertiary/aromatic N) is 2. The van der Waals surface area contributed by atoms with E-state index >= 15 is 0 Å². The molecule has 2 atom stereocenters. The Balaban J connectivity index is 2.09. The van der Waals surface area contributed by atoms with Gasteiger partial charge in [0.2, 0.25) is 5.88 Å². The molecule has 0 aliphatic carbocycles. The fourth-order valence-electron chi connectivity index (χ4n) is 2.18. The third-order valence-electron chi connectivity index (χ3n) is 3.30. The first-order valence-corrected chi connectivity index (χ1v) is 6.31. The van der Waals surface area contributed by atoms with Gasteiger partial charge < -0.3 is 15.4 Å². The standard InChI is InChI=1S/C13H21N3O/c1-3-17-13-6-4-5-12(15-13)16-8-7-11(14)10(2)9-16/h4-6,10-11H,3,7-9,14H2,1-2H3. The van der Waals surface area contributed by atoms with Crippen molar-refractivity contribution in [3.8, 4) is 5.88 Å². The highest BCUT2D eigenvalue weighted by atomic mass is 16.5. The first-order chi connectivity index (χ1) is 8.20. The lowest BCUT2D eigenvalue weighted by atomic mass is 9.95. The molecule has 1 aliphatic heterocycles. The predicted octanol–water partition coefficient (Wildman–Crippen LogP) is 1.65. The first-order valence-electron chi connectivity index (χ1n) is 6.31. The number of rotatable bonds is 3. The SMILES string of the molecule is CCOc1cccc(N2CCC(N)C(C)C2)n1. The maximum atomic E-state index is 6.02. The van der Waals surface area contributed by atoms with Crippen LogP contribution in [0.5, 0.6) is 5.88 Å². The van der Waals surface area contributed by atoms with E-state index in [1.54, 1.807) is 0 Å². The van der Waals surface area contributed by atoms with Crippen LogP contribution in [0.4, 0.5) is 5.82 Å². The maximum Gasteiger partial charge on any atom is 0.215 e. The maximum absolute atomic E-state index is 6.02. The molecule has 1 aromatic rings. The van der Waals surface area contributed by atoms with Crippen molar-refractivity contribution >= 4 is 5.82 Å². The Morgan fingerprint density at radius 2 is 2.35 bits per heavy atom. The van der Waals surface area contributed by atoms with Crippen LogP contribution < -0.4 is 15.4 Å². The molecule has 1 saturated heterocycles. The van der Waals surface area contributed by atoms with Crippen LogP contribution >= 0.6 is 0 Å². The molecule has 2 rings (SSSR count). The lowest BCUT2D eigenvalue weighted by Gasteiger charge is -2.35. The third-order valence-corrected chi connectivity index (χ3v) is 3.30. The lowest BCUT2D eigenvalue weighted by Crippen LogP contribution is -2.46. The van der Waals surface area contributed by atoms with E-state index in [-0.39, 0.29) is 0 Å². The third kappa shape index (κ3) is 2.88. The van der Waals surface area contributed by atoms with Crippen molar-refractivity contribution in [1.29, 1.82) is 0 Å². The number of ether oxygens (including phenoxy) is 1. The van der Waals surface area contributed by atoms with Crippen LogP contribution in [-0.2, 0) is 0 Å². The van der Waals surface area contributed by atoms with Gasteiger partial charge in [-0.3, -0.25) is 0 Å². The smallest absolute Gasteiger partial charge is 0.215 e. The summed E-state index contributed by atoms with van der Waals surface area (Å²) in [6.07, 6.45) is 1.03. The molecule has 0 spiro atoms. The van der Waals surface area contributed by atoms with Crippen LogP contribution in [0.25, 0.3) is 0 Å². The highest BCUT2D eigenvalue weighted by Crippen LogP contribution is 2.22. The van der Waals surface area contributed by atoms with Gasteiger partial charge in [0.15, 0.2) is 0 Å². The van der Waals surface area contributed by atoms with Gasteiger partial charge in [0.1, 0.15) is 5.82 Å².